The molecule has 0 aromatic carbocycles. The summed E-state index contributed by atoms with van der Waals surface area (Å²) in [5.41, 5.74) is 0.539. The Hall–Kier alpha value is -0.570. The maximum Gasteiger partial charge on any atom is 0.260 e. The highest BCUT2D eigenvalue weighted by atomic mass is 32.1. The van der Waals surface area contributed by atoms with Crippen LogP contribution in [0.15, 0.2) is 16.2 Å². The summed E-state index contributed by atoms with van der Waals surface area (Å²) in [6.07, 6.45) is 2.40. The zero-order valence-electron chi connectivity index (χ0n) is 10.1. The molecule has 15 heavy (non-hydrogen) atoms. The van der Waals surface area contributed by atoms with Gasteiger partial charge in [-0.1, -0.05) is 39.2 Å². The van der Waals surface area contributed by atoms with Gasteiger partial charge in [0.2, 0.25) is 0 Å². The average Bonchev–Trinajstić information content (AvgIpc) is 2.47. The Balaban J connectivity index is 2.40. The third kappa shape index (κ3) is 4.65. The molecular formula is C12H21NOS. The van der Waals surface area contributed by atoms with E-state index in [-0.39, 0.29) is 5.56 Å². The first-order chi connectivity index (χ1) is 6.88. The smallest absolute Gasteiger partial charge is 0.260 e. The lowest BCUT2D eigenvalue weighted by Crippen LogP contribution is -2.18. The van der Waals surface area contributed by atoms with Crippen LogP contribution in [0.3, 0.4) is 0 Å². The molecule has 0 N–H and O–H groups in total. The summed E-state index contributed by atoms with van der Waals surface area (Å²) in [5.74, 6) is 0.584. The second-order valence-electron chi connectivity index (χ2n) is 5.51. The minimum absolute atomic E-state index is 0.141. The minimum Gasteiger partial charge on any atom is -0.268 e. The van der Waals surface area contributed by atoms with Crippen molar-refractivity contribution >= 4 is 11.5 Å². The van der Waals surface area contributed by atoms with E-state index < -0.39 is 0 Å². The zero-order chi connectivity index (χ0) is 11.5. The number of rotatable bonds is 4. The van der Waals surface area contributed by atoms with Crippen LogP contribution in [0.2, 0.25) is 0 Å². The molecule has 3 heteroatoms. The lowest BCUT2D eigenvalue weighted by atomic mass is 9.87. The average molecular weight is 227 g/mol. The highest BCUT2D eigenvalue weighted by molar-refractivity contribution is 7.04. The van der Waals surface area contributed by atoms with Crippen molar-refractivity contribution in [3.05, 3.63) is 21.8 Å². The Morgan fingerprint density at radius 2 is 2.13 bits per heavy atom. The fourth-order valence-corrected chi connectivity index (χ4v) is 2.31. The van der Waals surface area contributed by atoms with Crippen molar-refractivity contribution in [1.82, 2.24) is 3.96 Å². The molecule has 0 bridgehead atoms. The highest BCUT2D eigenvalue weighted by Crippen LogP contribution is 2.24. The van der Waals surface area contributed by atoms with Gasteiger partial charge in [0, 0.05) is 18.0 Å². The molecule has 2 nitrogen and oxygen atoms in total. The molecule has 0 fully saturated rings. The molecule has 0 spiro atoms. The van der Waals surface area contributed by atoms with Gasteiger partial charge >= 0.3 is 0 Å². The van der Waals surface area contributed by atoms with Gasteiger partial charge in [0.1, 0.15) is 0 Å². The van der Waals surface area contributed by atoms with E-state index in [1.807, 2.05) is 9.34 Å². The van der Waals surface area contributed by atoms with Gasteiger partial charge < -0.3 is 0 Å². The molecule has 0 saturated heterocycles. The normalized spacial score (nSPS) is 14.1. The highest BCUT2D eigenvalue weighted by Gasteiger charge is 2.13. The predicted molar refractivity (Wildman–Crippen MR) is 66.4 cm³/mol. The van der Waals surface area contributed by atoms with Crippen LogP contribution in [0, 0.1) is 11.3 Å². The number of aromatic nitrogens is 1. The van der Waals surface area contributed by atoms with Crippen LogP contribution in [0.5, 0.6) is 0 Å². The van der Waals surface area contributed by atoms with E-state index >= 15 is 0 Å². The molecule has 0 saturated carbocycles. The van der Waals surface area contributed by atoms with Gasteiger partial charge in [0.15, 0.2) is 0 Å². The Morgan fingerprint density at radius 1 is 1.47 bits per heavy atom. The van der Waals surface area contributed by atoms with Crippen LogP contribution in [-0.4, -0.2) is 3.96 Å². The molecule has 0 radical (unpaired) electrons. The number of hydrogen-bond donors (Lipinski definition) is 0. The molecule has 86 valence electrons. The fraction of sp³-hybridized carbons (Fsp3) is 0.750. The van der Waals surface area contributed by atoms with Crippen molar-refractivity contribution in [2.24, 2.45) is 11.3 Å². The van der Waals surface area contributed by atoms with Crippen molar-refractivity contribution in [3.63, 3.8) is 0 Å². The molecule has 1 atom stereocenters. The molecular weight excluding hydrogens is 206 g/mol. The Bertz CT molecular complexity index is 345. The summed E-state index contributed by atoms with van der Waals surface area (Å²) in [7, 11) is 0. The first kappa shape index (κ1) is 12.5. The first-order valence-electron chi connectivity index (χ1n) is 5.53. The van der Waals surface area contributed by atoms with Gasteiger partial charge in [-0.15, -0.1) is 0 Å². The molecule has 0 aliphatic rings. The van der Waals surface area contributed by atoms with Crippen molar-refractivity contribution < 1.29 is 0 Å². The Morgan fingerprint density at radius 3 is 2.60 bits per heavy atom. The van der Waals surface area contributed by atoms with E-state index in [2.05, 4.69) is 27.7 Å². The molecule has 1 unspecified atom stereocenters. The van der Waals surface area contributed by atoms with Crippen LogP contribution in [-0.2, 0) is 6.54 Å². The van der Waals surface area contributed by atoms with E-state index in [1.54, 1.807) is 6.07 Å². The standard InChI is InChI=1S/C12H21NOS/c1-10(5-7-12(2,3)4)9-13-11(14)6-8-15-13/h6,8,10H,5,7,9H2,1-4H3. The van der Waals surface area contributed by atoms with Crippen molar-refractivity contribution in [3.8, 4) is 0 Å². The lowest BCUT2D eigenvalue weighted by Gasteiger charge is -2.20. The largest absolute Gasteiger partial charge is 0.268 e. The quantitative estimate of drug-likeness (QED) is 0.773. The summed E-state index contributed by atoms with van der Waals surface area (Å²) in [6.45, 7) is 9.87. The number of hydrogen-bond acceptors (Lipinski definition) is 2. The summed E-state index contributed by atoms with van der Waals surface area (Å²) in [4.78, 5) is 11.3. The third-order valence-electron chi connectivity index (χ3n) is 2.51. The van der Waals surface area contributed by atoms with Gasteiger partial charge in [-0.25, -0.2) is 0 Å². The van der Waals surface area contributed by atoms with Gasteiger partial charge in [-0.05, 0) is 24.2 Å². The van der Waals surface area contributed by atoms with Gasteiger partial charge in [-0.2, -0.15) is 0 Å². The molecule has 1 aromatic heterocycles. The van der Waals surface area contributed by atoms with Gasteiger partial charge in [0.05, 0.1) is 0 Å². The van der Waals surface area contributed by atoms with Crippen LogP contribution in [0.1, 0.15) is 40.5 Å². The summed E-state index contributed by atoms with van der Waals surface area (Å²) < 4.78 is 1.84. The van der Waals surface area contributed by atoms with Crippen LogP contribution < -0.4 is 5.56 Å². The van der Waals surface area contributed by atoms with Crippen LogP contribution in [0.25, 0.3) is 0 Å². The molecule has 1 heterocycles. The predicted octanol–water partition coefficient (Wildman–Crippen LogP) is 3.37. The maximum atomic E-state index is 11.3. The second kappa shape index (κ2) is 4.97. The summed E-state index contributed by atoms with van der Waals surface area (Å²) in [5, 5.41) is 1.86. The Labute approximate surface area is 96.1 Å². The first-order valence-corrected chi connectivity index (χ1v) is 6.37. The lowest BCUT2D eigenvalue weighted by molar-refractivity contribution is 0.317. The molecule has 0 aliphatic heterocycles. The van der Waals surface area contributed by atoms with E-state index in [1.165, 1.54) is 24.4 Å². The number of nitrogens with zero attached hydrogens (tertiary/aromatic N) is 1. The topological polar surface area (TPSA) is 22.0 Å². The SMILES string of the molecule is CC(CCC(C)(C)C)Cn1sccc1=O. The van der Waals surface area contributed by atoms with Crippen molar-refractivity contribution in [1.29, 1.82) is 0 Å². The zero-order valence-corrected chi connectivity index (χ0v) is 10.9. The molecule has 0 amide bonds. The van der Waals surface area contributed by atoms with Gasteiger partial charge in [0.25, 0.3) is 5.56 Å². The van der Waals surface area contributed by atoms with E-state index in [0.29, 0.717) is 11.3 Å². The van der Waals surface area contributed by atoms with E-state index in [9.17, 15) is 4.79 Å². The fourth-order valence-electron chi connectivity index (χ4n) is 1.48. The minimum atomic E-state index is 0.141. The molecule has 1 rings (SSSR count). The third-order valence-corrected chi connectivity index (χ3v) is 3.35. The van der Waals surface area contributed by atoms with E-state index in [4.69, 9.17) is 0 Å². The van der Waals surface area contributed by atoms with Gasteiger partial charge in [-0.3, -0.25) is 8.75 Å². The van der Waals surface area contributed by atoms with Crippen molar-refractivity contribution in [2.45, 2.75) is 47.1 Å². The summed E-state index contributed by atoms with van der Waals surface area (Å²) >= 11 is 1.52. The maximum absolute atomic E-state index is 11.3. The monoisotopic (exact) mass is 227 g/mol. The summed E-state index contributed by atoms with van der Waals surface area (Å²) in [6, 6.07) is 1.64. The van der Waals surface area contributed by atoms with Crippen molar-refractivity contribution in [2.75, 3.05) is 0 Å². The van der Waals surface area contributed by atoms with E-state index in [0.717, 1.165) is 6.54 Å². The van der Waals surface area contributed by atoms with Crippen LogP contribution >= 0.6 is 11.5 Å². The molecule has 0 aliphatic carbocycles. The second-order valence-corrected chi connectivity index (χ2v) is 6.44. The van der Waals surface area contributed by atoms with Crippen LogP contribution in [0.4, 0.5) is 0 Å². The molecule has 1 aromatic rings. The Kier molecular flexibility index (Phi) is 4.14.